The molecule has 0 spiro atoms. The Hall–Kier alpha value is -1.40. The first-order chi connectivity index (χ1) is 10.1. The Balaban J connectivity index is 2.03. The van der Waals surface area contributed by atoms with Crippen molar-refractivity contribution in [2.24, 2.45) is 0 Å². The molecule has 21 heavy (non-hydrogen) atoms. The first-order valence-electron chi connectivity index (χ1n) is 7.76. The lowest BCUT2D eigenvalue weighted by atomic mass is 10.2. The van der Waals surface area contributed by atoms with Crippen molar-refractivity contribution in [1.29, 1.82) is 0 Å². The normalized spacial score (nSPS) is 17.5. The van der Waals surface area contributed by atoms with E-state index in [1.165, 1.54) is 0 Å². The van der Waals surface area contributed by atoms with E-state index in [0.29, 0.717) is 6.04 Å². The van der Waals surface area contributed by atoms with E-state index in [9.17, 15) is 0 Å². The van der Waals surface area contributed by atoms with Crippen molar-refractivity contribution in [2.45, 2.75) is 33.2 Å². The lowest BCUT2D eigenvalue weighted by molar-refractivity contribution is 0.0368. The molecule has 0 radical (unpaired) electrons. The van der Waals surface area contributed by atoms with Crippen molar-refractivity contribution >= 4 is 11.6 Å². The molecule has 1 atom stereocenters. The maximum atomic E-state index is 5.39. The fraction of sp³-hybridized carbons (Fsp3) is 0.733. The summed E-state index contributed by atoms with van der Waals surface area (Å²) in [5.74, 6) is 2.71. The summed E-state index contributed by atoms with van der Waals surface area (Å²) >= 11 is 0. The van der Waals surface area contributed by atoms with Crippen LogP contribution in [0, 0.1) is 6.92 Å². The van der Waals surface area contributed by atoms with E-state index in [1.54, 1.807) is 0 Å². The zero-order valence-corrected chi connectivity index (χ0v) is 13.6. The maximum Gasteiger partial charge on any atom is 0.135 e. The number of anilines is 2. The Morgan fingerprint density at radius 3 is 2.52 bits per heavy atom. The van der Waals surface area contributed by atoms with Gasteiger partial charge in [-0.3, -0.25) is 4.90 Å². The van der Waals surface area contributed by atoms with Gasteiger partial charge in [0.05, 0.1) is 13.2 Å². The molecule has 2 rings (SSSR count). The molecule has 0 aromatic carbocycles. The van der Waals surface area contributed by atoms with Gasteiger partial charge in [-0.2, -0.15) is 0 Å². The summed E-state index contributed by atoms with van der Waals surface area (Å²) in [6.45, 7) is 11.0. The molecule has 118 valence electrons. The zero-order chi connectivity index (χ0) is 15.2. The Kier molecular flexibility index (Phi) is 5.76. The number of nitrogens with one attached hydrogen (secondary N) is 2. The van der Waals surface area contributed by atoms with Gasteiger partial charge in [-0.1, -0.05) is 6.92 Å². The summed E-state index contributed by atoms with van der Waals surface area (Å²) in [5, 5.41) is 6.68. The van der Waals surface area contributed by atoms with Crippen molar-refractivity contribution < 1.29 is 4.74 Å². The van der Waals surface area contributed by atoms with E-state index in [2.05, 4.69) is 46.3 Å². The monoisotopic (exact) mass is 293 g/mol. The van der Waals surface area contributed by atoms with E-state index in [4.69, 9.17) is 4.74 Å². The molecule has 1 aliphatic heterocycles. The predicted molar refractivity (Wildman–Crippen MR) is 86.0 cm³/mol. The molecule has 0 bridgehead atoms. The lowest BCUT2D eigenvalue weighted by Gasteiger charge is -2.29. The van der Waals surface area contributed by atoms with Gasteiger partial charge in [-0.25, -0.2) is 9.97 Å². The van der Waals surface area contributed by atoms with Gasteiger partial charge in [0.25, 0.3) is 0 Å². The minimum absolute atomic E-state index is 0.339. The van der Waals surface area contributed by atoms with Crippen molar-refractivity contribution in [3.63, 3.8) is 0 Å². The van der Waals surface area contributed by atoms with Crippen LogP contribution in [-0.4, -0.2) is 60.8 Å². The molecule has 1 aromatic heterocycles. The Labute approximate surface area is 127 Å². The number of ether oxygens (including phenoxy) is 1. The smallest absolute Gasteiger partial charge is 0.135 e. The van der Waals surface area contributed by atoms with Gasteiger partial charge < -0.3 is 15.4 Å². The molecule has 0 saturated carbocycles. The molecule has 1 aromatic rings. The highest BCUT2D eigenvalue weighted by molar-refractivity contribution is 5.57. The highest BCUT2D eigenvalue weighted by atomic mass is 16.5. The summed E-state index contributed by atoms with van der Waals surface area (Å²) < 4.78 is 5.39. The first kappa shape index (κ1) is 16.0. The number of morpholine rings is 1. The number of aryl methyl sites for hydroxylation is 1. The molecular formula is C15H27N5O. The quantitative estimate of drug-likeness (QED) is 0.829. The van der Waals surface area contributed by atoms with Crippen LogP contribution in [0.25, 0.3) is 0 Å². The summed E-state index contributed by atoms with van der Waals surface area (Å²) in [4.78, 5) is 11.6. The van der Waals surface area contributed by atoms with Crippen LogP contribution in [0.5, 0.6) is 0 Å². The van der Waals surface area contributed by atoms with Crippen LogP contribution >= 0.6 is 0 Å². The van der Waals surface area contributed by atoms with Crippen LogP contribution in [0.4, 0.5) is 11.6 Å². The molecule has 2 heterocycles. The molecule has 0 aliphatic carbocycles. The van der Waals surface area contributed by atoms with Crippen LogP contribution in [0.1, 0.15) is 25.2 Å². The SMILES string of the molecule is CCc1nc(NC)c(C)c(NC(C)CN2CCOCC2)n1. The number of rotatable bonds is 6. The van der Waals surface area contributed by atoms with Gasteiger partial charge in [0.1, 0.15) is 17.5 Å². The molecule has 6 nitrogen and oxygen atoms in total. The summed E-state index contributed by atoms with van der Waals surface area (Å²) in [5.41, 5.74) is 1.07. The van der Waals surface area contributed by atoms with Gasteiger partial charge in [-0.15, -0.1) is 0 Å². The summed E-state index contributed by atoms with van der Waals surface area (Å²) in [6, 6.07) is 0.339. The molecule has 0 amide bonds. The van der Waals surface area contributed by atoms with E-state index < -0.39 is 0 Å². The fourth-order valence-corrected chi connectivity index (χ4v) is 2.56. The van der Waals surface area contributed by atoms with Crippen LogP contribution < -0.4 is 10.6 Å². The second kappa shape index (κ2) is 7.56. The minimum Gasteiger partial charge on any atom is -0.379 e. The lowest BCUT2D eigenvalue weighted by Crippen LogP contribution is -2.42. The zero-order valence-electron chi connectivity index (χ0n) is 13.6. The second-order valence-electron chi connectivity index (χ2n) is 5.52. The Morgan fingerprint density at radius 1 is 1.24 bits per heavy atom. The topological polar surface area (TPSA) is 62.3 Å². The second-order valence-corrected chi connectivity index (χ2v) is 5.52. The van der Waals surface area contributed by atoms with Crippen molar-refractivity contribution in [3.8, 4) is 0 Å². The van der Waals surface area contributed by atoms with Crippen LogP contribution in [-0.2, 0) is 11.2 Å². The summed E-state index contributed by atoms with van der Waals surface area (Å²) in [7, 11) is 1.90. The standard InChI is InChI=1S/C15H27N5O/c1-5-13-18-14(16-4)12(3)15(19-13)17-11(2)10-20-6-8-21-9-7-20/h11H,5-10H2,1-4H3,(H2,16,17,18,19). The molecule has 1 unspecified atom stereocenters. The largest absolute Gasteiger partial charge is 0.379 e. The van der Waals surface area contributed by atoms with Crippen LogP contribution in [0.2, 0.25) is 0 Å². The predicted octanol–water partition coefficient (Wildman–Crippen LogP) is 1.52. The molecule has 1 fully saturated rings. The highest BCUT2D eigenvalue weighted by Gasteiger charge is 2.16. The molecule has 6 heteroatoms. The van der Waals surface area contributed by atoms with Crippen LogP contribution in [0.3, 0.4) is 0 Å². The maximum absolute atomic E-state index is 5.39. The Morgan fingerprint density at radius 2 is 1.90 bits per heavy atom. The van der Waals surface area contributed by atoms with E-state index in [0.717, 1.165) is 62.3 Å². The number of aromatic nitrogens is 2. The van der Waals surface area contributed by atoms with Crippen LogP contribution in [0.15, 0.2) is 0 Å². The number of hydrogen-bond acceptors (Lipinski definition) is 6. The van der Waals surface area contributed by atoms with Gasteiger partial charge in [0, 0.05) is 44.7 Å². The average Bonchev–Trinajstić information content (AvgIpc) is 2.50. The fourth-order valence-electron chi connectivity index (χ4n) is 2.56. The minimum atomic E-state index is 0.339. The summed E-state index contributed by atoms with van der Waals surface area (Å²) in [6.07, 6.45) is 0.835. The third-order valence-electron chi connectivity index (χ3n) is 3.76. The van der Waals surface area contributed by atoms with E-state index >= 15 is 0 Å². The van der Waals surface area contributed by atoms with Gasteiger partial charge >= 0.3 is 0 Å². The molecule has 1 aliphatic rings. The third kappa shape index (κ3) is 4.28. The highest BCUT2D eigenvalue weighted by Crippen LogP contribution is 2.20. The molecule has 2 N–H and O–H groups in total. The van der Waals surface area contributed by atoms with E-state index in [1.807, 2.05) is 7.05 Å². The Bertz CT molecular complexity index is 460. The van der Waals surface area contributed by atoms with Gasteiger partial charge in [-0.05, 0) is 13.8 Å². The molecule has 1 saturated heterocycles. The molecular weight excluding hydrogens is 266 g/mol. The van der Waals surface area contributed by atoms with Crippen molar-refractivity contribution in [2.75, 3.05) is 50.5 Å². The van der Waals surface area contributed by atoms with Crippen molar-refractivity contribution in [1.82, 2.24) is 14.9 Å². The van der Waals surface area contributed by atoms with E-state index in [-0.39, 0.29) is 0 Å². The number of nitrogens with zero attached hydrogens (tertiary/aromatic N) is 3. The van der Waals surface area contributed by atoms with Crippen molar-refractivity contribution in [3.05, 3.63) is 11.4 Å². The third-order valence-corrected chi connectivity index (χ3v) is 3.76. The van der Waals surface area contributed by atoms with Gasteiger partial charge in [0.2, 0.25) is 0 Å². The number of hydrogen-bond donors (Lipinski definition) is 2. The average molecular weight is 293 g/mol. The first-order valence-corrected chi connectivity index (χ1v) is 7.76. The van der Waals surface area contributed by atoms with Gasteiger partial charge in [0.15, 0.2) is 0 Å².